The number of hydrogen-bond acceptors (Lipinski definition) is 6. The van der Waals surface area contributed by atoms with Crippen LogP contribution in [0, 0.1) is 23.7 Å². The summed E-state index contributed by atoms with van der Waals surface area (Å²) >= 11 is 0. The average molecular weight is 453 g/mol. The summed E-state index contributed by atoms with van der Waals surface area (Å²) in [6, 6.07) is 14.8. The molecule has 0 amide bonds. The quantitative estimate of drug-likeness (QED) is 0.477. The number of nitrogens with zero attached hydrogens (tertiary/aromatic N) is 5. The second kappa shape index (κ2) is 8.00. The van der Waals surface area contributed by atoms with Crippen molar-refractivity contribution in [2.45, 2.75) is 32.7 Å². The van der Waals surface area contributed by atoms with E-state index in [9.17, 15) is 5.26 Å². The number of nitriles is 1. The maximum absolute atomic E-state index is 9.45. The minimum absolute atomic E-state index is 0.0143. The lowest BCUT2D eigenvalue weighted by Crippen LogP contribution is -2.58. The first-order valence-electron chi connectivity index (χ1n) is 11.9. The molecule has 172 valence electrons. The topological polar surface area (TPSA) is 78.5 Å². The second-order valence-electron chi connectivity index (χ2n) is 9.73. The second-order valence-corrected chi connectivity index (χ2v) is 9.73. The number of ether oxygens (including phenoxy) is 1. The van der Waals surface area contributed by atoms with Gasteiger partial charge in [-0.1, -0.05) is 12.1 Å². The Hall–Kier alpha value is -3.63. The molecule has 0 saturated carbocycles. The molecule has 2 saturated heterocycles. The molecule has 1 N–H and O–H groups in total. The van der Waals surface area contributed by atoms with E-state index in [1.165, 1.54) is 5.69 Å². The van der Waals surface area contributed by atoms with Crippen LogP contribution in [-0.4, -0.2) is 40.7 Å². The van der Waals surface area contributed by atoms with Crippen molar-refractivity contribution >= 4 is 28.2 Å². The first-order valence-corrected chi connectivity index (χ1v) is 11.9. The standard InChI is InChI=1S/C27H28N6O/c1-18-20(15-28)4-3-5-22(18)19(2)30-25-23-14-21(32-16-27(17-32)8-12-34-13-9-27)6-7-24(23)33-11-10-29-26(33)31-25/h3-7,10-11,14,19H,8-9,12-13,16-17H2,1-2H3,(H,29,30,31). The molecule has 2 aliphatic heterocycles. The number of rotatable bonds is 4. The fraction of sp³-hybridized carbons (Fsp3) is 0.370. The smallest absolute Gasteiger partial charge is 0.236 e. The predicted octanol–water partition coefficient (Wildman–Crippen LogP) is 4.85. The molecule has 1 atom stereocenters. The van der Waals surface area contributed by atoms with Crippen LogP contribution in [-0.2, 0) is 4.74 Å². The molecule has 2 aromatic heterocycles. The van der Waals surface area contributed by atoms with Gasteiger partial charge in [-0.2, -0.15) is 10.2 Å². The third-order valence-electron chi connectivity index (χ3n) is 7.61. The van der Waals surface area contributed by atoms with Crippen molar-refractivity contribution in [1.82, 2.24) is 14.4 Å². The molecule has 4 aromatic rings. The highest BCUT2D eigenvalue weighted by molar-refractivity contribution is 5.94. The van der Waals surface area contributed by atoms with Crippen LogP contribution in [0.3, 0.4) is 0 Å². The van der Waals surface area contributed by atoms with E-state index in [1.807, 2.05) is 29.7 Å². The largest absolute Gasteiger partial charge is 0.381 e. The highest BCUT2D eigenvalue weighted by atomic mass is 16.5. The van der Waals surface area contributed by atoms with Crippen molar-refractivity contribution in [3.05, 3.63) is 65.5 Å². The molecule has 34 heavy (non-hydrogen) atoms. The van der Waals surface area contributed by atoms with Crippen LogP contribution < -0.4 is 10.2 Å². The lowest BCUT2D eigenvalue weighted by molar-refractivity contribution is -0.000183. The van der Waals surface area contributed by atoms with Gasteiger partial charge >= 0.3 is 0 Å². The summed E-state index contributed by atoms with van der Waals surface area (Å²) in [5, 5.41) is 14.1. The molecule has 2 fully saturated rings. The van der Waals surface area contributed by atoms with Gasteiger partial charge in [-0.25, -0.2) is 4.98 Å². The molecular weight excluding hydrogens is 424 g/mol. The van der Waals surface area contributed by atoms with E-state index < -0.39 is 0 Å². The van der Waals surface area contributed by atoms with Gasteiger partial charge in [-0.05, 0) is 62.1 Å². The van der Waals surface area contributed by atoms with Crippen LogP contribution >= 0.6 is 0 Å². The van der Waals surface area contributed by atoms with Gasteiger partial charge in [-0.15, -0.1) is 0 Å². The lowest BCUT2D eigenvalue weighted by Gasteiger charge is -2.53. The van der Waals surface area contributed by atoms with E-state index in [4.69, 9.17) is 9.72 Å². The fourth-order valence-electron chi connectivity index (χ4n) is 5.55. The zero-order valence-corrected chi connectivity index (χ0v) is 19.6. The van der Waals surface area contributed by atoms with E-state index >= 15 is 0 Å². The van der Waals surface area contributed by atoms with Gasteiger partial charge in [0.1, 0.15) is 5.82 Å². The van der Waals surface area contributed by atoms with Crippen molar-refractivity contribution in [2.24, 2.45) is 5.41 Å². The van der Waals surface area contributed by atoms with Crippen LogP contribution in [0.15, 0.2) is 48.8 Å². The van der Waals surface area contributed by atoms with Gasteiger partial charge in [0.25, 0.3) is 0 Å². The van der Waals surface area contributed by atoms with Crippen molar-refractivity contribution in [3.63, 3.8) is 0 Å². The maximum Gasteiger partial charge on any atom is 0.236 e. The Morgan fingerprint density at radius 3 is 2.79 bits per heavy atom. The summed E-state index contributed by atoms with van der Waals surface area (Å²) in [4.78, 5) is 11.8. The average Bonchev–Trinajstić information content (AvgIpc) is 3.31. The minimum atomic E-state index is -0.0143. The monoisotopic (exact) mass is 452 g/mol. The van der Waals surface area contributed by atoms with Gasteiger partial charge in [0.05, 0.1) is 23.2 Å². The molecule has 7 heteroatoms. The zero-order chi connectivity index (χ0) is 23.3. The molecule has 0 radical (unpaired) electrons. The van der Waals surface area contributed by atoms with Crippen LogP contribution in [0.2, 0.25) is 0 Å². The molecule has 0 bridgehead atoms. The van der Waals surface area contributed by atoms with Gasteiger partial charge < -0.3 is 15.0 Å². The van der Waals surface area contributed by atoms with E-state index in [2.05, 4.69) is 52.5 Å². The van der Waals surface area contributed by atoms with Gasteiger partial charge in [0.2, 0.25) is 5.78 Å². The molecule has 7 nitrogen and oxygen atoms in total. The van der Waals surface area contributed by atoms with E-state index in [-0.39, 0.29) is 6.04 Å². The summed E-state index contributed by atoms with van der Waals surface area (Å²) < 4.78 is 7.62. The number of anilines is 2. The molecule has 1 spiro atoms. The number of imidazole rings is 1. The maximum atomic E-state index is 9.45. The Balaban J connectivity index is 1.37. The summed E-state index contributed by atoms with van der Waals surface area (Å²) in [5.41, 5.74) is 5.51. The lowest BCUT2D eigenvalue weighted by atomic mass is 9.73. The molecule has 1 unspecified atom stereocenters. The van der Waals surface area contributed by atoms with E-state index in [0.717, 1.165) is 67.0 Å². The summed E-state index contributed by atoms with van der Waals surface area (Å²) in [6.07, 6.45) is 6.05. The predicted molar refractivity (Wildman–Crippen MR) is 133 cm³/mol. The Morgan fingerprint density at radius 1 is 1.18 bits per heavy atom. The summed E-state index contributed by atoms with van der Waals surface area (Å²) in [5.74, 6) is 1.48. The van der Waals surface area contributed by atoms with Crippen molar-refractivity contribution < 1.29 is 4.74 Å². The van der Waals surface area contributed by atoms with Crippen LogP contribution in [0.4, 0.5) is 11.5 Å². The van der Waals surface area contributed by atoms with E-state index in [0.29, 0.717) is 16.8 Å². The number of fused-ring (bicyclic) bond motifs is 3. The minimum Gasteiger partial charge on any atom is -0.381 e. The fourth-order valence-corrected chi connectivity index (χ4v) is 5.55. The van der Waals surface area contributed by atoms with Crippen molar-refractivity contribution in [2.75, 3.05) is 36.5 Å². The van der Waals surface area contributed by atoms with Crippen molar-refractivity contribution in [1.29, 1.82) is 5.26 Å². The summed E-state index contributed by atoms with van der Waals surface area (Å²) in [7, 11) is 0. The number of aromatic nitrogens is 3. The molecule has 4 heterocycles. The number of benzene rings is 2. The Kier molecular flexibility index (Phi) is 4.93. The molecule has 2 aliphatic rings. The highest BCUT2D eigenvalue weighted by Gasteiger charge is 2.43. The van der Waals surface area contributed by atoms with Crippen LogP contribution in [0.5, 0.6) is 0 Å². The zero-order valence-electron chi connectivity index (χ0n) is 19.6. The van der Waals surface area contributed by atoms with E-state index in [1.54, 1.807) is 6.20 Å². The highest BCUT2D eigenvalue weighted by Crippen LogP contribution is 2.43. The number of nitrogens with one attached hydrogen (secondary N) is 1. The first-order chi connectivity index (χ1) is 16.6. The number of hydrogen-bond donors (Lipinski definition) is 1. The molecule has 0 aliphatic carbocycles. The Labute approximate surface area is 199 Å². The van der Waals surface area contributed by atoms with Gasteiger partial charge in [-0.3, -0.25) is 4.40 Å². The molecular formula is C27H28N6O. The van der Waals surface area contributed by atoms with Gasteiger partial charge in [0.15, 0.2) is 0 Å². The third kappa shape index (κ3) is 3.37. The van der Waals surface area contributed by atoms with Crippen molar-refractivity contribution in [3.8, 4) is 6.07 Å². The molecule has 6 rings (SSSR count). The third-order valence-corrected chi connectivity index (χ3v) is 7.61. The van der Waals surface area contributed by atoms with Gasteiger partial charge in [0, 0.05) is 55.2 Å². The Bertz CT molecular complexity index is 1420. The normalized spacial score (nSPS) is 18.1. The molecule has 2 aromatic carbocycles. The summed E-state index contributed by atoms with van der Waals surface area (Å²) in [6.45, 7) is 8.05. The van der Waals surface area contributed by atoms with Crippen LogP contribution in [0.1, 0.15) is 42.5 Å². The first kappa shape index (κ1) is 20.9. The Morgan fingerprint density at radius 2 is 2.00 bits per heavy atom. The van der Waals surface area contributed by atoms with Crippen LogP contribution in [0.25, 0.3) is 16.7 Å². The SMILES string of the molecule is Cc1c(C#N)cccc1C(C)Nc1nc2nccn2c2ccc(N3CC4(CCOCC4)C3)cc12.